The number of rotatable bonds is 4. The van der Waals surface area contributed by atoms with Gasteiger partial charge in [0.15, 0.2) is 0 Å². The molecule has 4 aliphatic carbocycles. The molecule has 0 amide bonds. The van der Waals surface area contributed by atoms with Crippen molar-refractivity contribution in [3.8, 4) is 0 Å². The summed E-state index contributed by atoms with van der Waals surface area (Å²) in [5.41, 5.74) is 1.17. The summed E-state index contributed by atoms with van der Waals surface area (Å²) in [6.07, 6.45) is 16.5. The van der Waals surface area contributed by atoms with Crippen LogP contribution in [0, 0.1) is 46.3 Å². The molecular weight excluding hydrogens is 316 g/mol. The van der Waals surface area contributed by atoms with Crippen LogP contribution in [0.5, 0.6) is 0 Å². The van der Waals surface area contributed by atoms with Crippen LogP contribution in [0.2, 0.25) is 0 Å². The third-order valence-corrected chi connectivity index (χ3v) is 10.4. The Balaban J connectivity index is 1.52. The molecule has 0 saturated heterocycles. The molecule has 26 heavy (non-hydrogen) atoms. The van der Waals surface area contributed by atoms with Gasteiger partial charge in [-0.15, -0.1) is 0 Å². The third-order valence-electron chi connectivity index (χ3n) is 10.4. The van der Waals surface area contributed by atoms with Crippen molar-refractivity contribution in [1.82, 2.24) is 0 Å². The number of hydrogen-bond donors (Lipinski definition) is 1. The smallest absolute Gasteiger partial charge is 0.0543 e. The highest BCUT2D eigenvalue weighted by molar-refractivity contribution is 5.09. The van der Waals surface area contributed by atoms with Crippen LogP contribution in [-0.4, -0.2) is 11.2 Å². The van der Waals surface area contributed by atoms with E-state index >= 15 is 0 Å². The predicted molar refractivity (Wildman–Crippen MR) is 110 cm³/mol. The summed E-state index contributed by atoms with van der Waals surface area (Å²) in [7, 11) is 0. The molecule has 4 fully saturated rings. The zero-order valence-electron chi connectivity index (χ0n) is 18.0. The van der Waals surface area contributed by atoms with Crippen LogP contribution in [0.25, 0.3) is 0 Å². The molecule has 0 spiro atoms. The van der Waals surface area contributed by atoms with Crippen LogP contribution >= 0.6 is 0 Å². The topological polar surface area (TPSA) is 20.2 Å². The van der Waals surface area contributed by atoms with Gasteiger partial charge in [-0.05, 0) is 104 Å². The first-order chi connectivity index (χ1) is 12.4. The minimum Gasteiger partial charge on any atom is -0.393 e. The molecular formula is C25H44O. The molecule has 4 rings (SSSR count). The first-order valence-corrected chi connectivity index (χ1v) is 12.1. The van der Waals surface area contributed by atoms with E-state index in [9.17, 15) is 5.11 Å². The fraction of sp³-hybridized carbons (Fsp3) is 1.00. The second-order valence-electron chi connectivity index (χ2n) is 11.4. The van der Waals surface area contributed by atoms with Crippen molar-refractivity contribution in [1.29, 1.82) is 0 Å². The van der Waals surface area contributed by atoms with Gasteiger partial charge in [0.1, 0.15) is 0 Å². The van der Waals surface area contributed by atoms with Gasteiger partial charge >= 0.3 is 0 Å². The second-order valence-corrected chi connectivity index (χ2v) is 11.4. The molecule has 150 valence electrons. The maximum atomic E-state index is 10.2. The molecule has 4 saturated carbocycles. The zero-order chi connectivity index (χ0) is 18.5. The van der Waals surface area contributed by atoms with Gasteiger partial charge in [0.05, 0.1) is 6.10 Å². The van der Waals surface area contributed by atoms with E-state index in [-0.39, 0.29) is 6.10 Å². The van der Waals surface area contributed by atoms with Gasteiger partial charge in [-0.3, -0.25) is 0 Å². The molecule has 1 nitrogen and oxygen atoms in total. The molecule has 0 aliphatic heterocycles. The lowest BCUT2D eigenvalue weighted by Gasteiger charge is -2.61. The van der Waals surface area contributed by atoms with Crippen LogP contribution in [0.4, 0.5) is 0 Å². The highest BCUT2D eigenvalue weighted by Gasteiger charge is 2.60. The number of unbranched alkanes of at least 4 members (excludes halogenated alkanes) is 1. The summed E-state index contributed by atoms with van der Waals surface area (Å²) in [6, 6.07) is 0. The van der Waals surface area contributed by atoms with Gasteiger partial charge in [0, 0.05) is 0 Å². The van der Waals surface area contributed by atoms with Crippen molar-refractivity contribution in [3.05, 3.63) is 0 Å². The Labute approximate surface area is 162 Å². The van der Waals surface area contributed by atoms with Crippen molar-refractivity contribution in [2.45, 2.75) is 111 Å². The molecule has 0 aromatic carbocycles. The fourth-order valence-corrected chi connectivity index (χ4v) is 8.94. The number of aliphatic hydroxyl groups is 1. The maximum absolute atomic E-state index is 10.2. The lowest BCUT2D eigenvalue weighted by Crippen LogP contribution is -2.54. The summed E-state index contributed by atoms with van der Waals surface area (Å²) in [5, 5.41) is 10.2. The summed E-state index contributed by atoms with van der Waals surface area (Å²) in [4.78, 5) is 0. The zero-order valence-corrected chi connectivity index (χ0v) is 18.0. The summed E-state index contributed by atoms with van der Waals surface area (Å²) in [5.74, 6) is 5.67. The first kappa shape index (κ1) is 19.3. The van der Waals surface area contributed by atoms with Crippen LogP contribution in [-0.2, 0) is 0 Å². The van der Waals surface area contributed by atoms with E-state index in [1.165, 1.54) is 64.2 Å². The van der Waals surface area contributed by atoms with Gasteiger partial charge in [-0.2, -0.15) is 0 Å². The molecule has 8 unspecified atom stereocenters. The lowest BCUT2D eigenvalue weighted by atomic mass is 9.44. The Hall–Kier alpha value is -0.0400. The van der Waals surface area contributed by atoms with E-state index in [0.29, 0.717) is 10.8 Å². The molecule has 0 bridgehead atoms. The van der Waals surface area contributed by atoms with Gasteiger partial charge in [-0.25, -0.2) is 0 Å². The van der Waals surface area contributed by atoms with E-state index in [2.05, 4.69) is 27.7 Å². The Morgan fingerprint density at radius 3 is 2.42 bits per heavy atom. The normalized spacial score (nSPS) is 52.0. The van der Waals surface area contributed by atoms with E-state index in [1.54, 1.807) is 0 Å². The van der Waals surface area contributed by atoms with Crippen LogP contribution in [0.1, 0.15) is 105 Å². The lowest BCUT2D eigenvalue weighted by molar-refractivity contribution is -0.129. The van der Waals surface area contributed by atoms with Gasteiger partial charge in [0.25, 0.3) is 0 Å². The minimum atomic E-state index is -0.00578. The van der Waals surface area contributed by atoms with E-state index in [4.69, 9.17) is 0 Å². The molecule has 1 N–H and O–H groups in total. The SMILES string of the molecule is CCCCC(C)C1CCC2C3CCC4C[C@@H](O)CCC4(C)C3CCC12C. The molecule has 1 heteroatoms. The number of hydrogen-bond acceptors (Lipinski definition) is 1. The predicted octanol–water partition coefficient (Wildman–Crippen LogP) is 6.83. The summed E-state index contributed by atoms with van der Waals surface area (Å²) < 4.78 is 0. The molecule has 0 aromatic heterocycles. The van der Waals surface area contributed by atoms with Gasteiger partial charge < -0.3 is 5.11 Å². The monoisotopic (exact) mass is 360 g/mol. The van der Waals surface area contributed by atoms with Crippen LogP contribution in [0.15, 0.2) is 0 Å². The quantitative estimate of drug-likeness (QED) is 0.582. The van der Waals surface area contributed by atoms with E-state index in [1.807, 2.05) is 0 Å². The Kier molecular flexibility index (Phi) is 5.26. The van der Waals surface area contributed by atoms with E-state index in [0.717, 1.165) is 48.3 Å². The molecule has 0 radical (unpaired) electrons. The first-order valence-electron chi connectivity index (χ1n) is 12.1. The van der Waals surface area contributed by atoms with Crippen molar-refractivity contribution in [3.63, 3.8) is 0 Å². The second kappa shape index (κ2) is 7.09. The van der Waals surface area contributed by atoms with Crippen molar-refractivity contribution >= 4 is 0 Å². The molecule has 4 aliphatic rings. The summed E-state index contributed by atoms with van der Waals surface area (Å²) >= 11 is 0. The van der Waals surface area contributed by atoms with Crippen molar-refractivity contribution in [2.24, 2.45) is 46.3 Å². The highest BCUT2D eigenvalue weighted by atomic mass is 16.3. The number of aliphatic hydroxyl groups excluding tert-OH is 1. The standard InChI is InChI=1S/C25H44O/c1-5-6-7-17(2)21-10-11-22-20-9-8-18-16-19(26)12-14-24(18,3)23(20)13-15-25(21,22)4/h17-23,26H,5-16H2,1-4H3/t17?,18?,19-,20?,21?,22?,23?,24?,25?/m0/s1. The Morgan fingerprint density at radius 1 is 0.923 bits per heavy atom. The van der Waals surface area contributed by atoms with Gasteiger partial charge in [0.2, 0.25) is 0 Å². The Bertz CT molecular complexity index is 500. The minimum absolute atomic E-state index is 0.00578. The highest BCUT2D eigenvalue weighted by Crippen LogP contribution is 2.68. The molecule has 0 heterocycles. The maximum Gasteiger partial charge on any atom is 0.0543 e. The molecule has 0 aromatic rings. The average molecular weight is 361 g/mol. The van der Waals surface area contributed by atoms with E-state index < -0.39 is 0 Å². The largest absolute Gasteiger partial charge is 0.393 e. The van der Waals surface area contributed by atoms with Crippen LogP contribution < -0.4 is 0 Å². The Morgan fingerprint density at radius 2 is 1.65 bits per heavy atom. The van der Waals surface area contributed by atoms with Crippen molar-refractivity contribution in [2.75, 3.05) is 0 Å². The summed E-state index contributed by atoms with van der Waals surface area (Å²) in [6.45, 7) is 10.2. The molecule has 9 atom stereocenters. The van der Waals surface area contributed by atoms with Crippen LogP contribution in [0.3, 0.4) is 0 Å². The fourth-order valence-electron chi connectivity index (χ4n) is 8.94. The van der Waals surface area contributed by atoms with Gasteiger partial charge in [-0.1, -0.05) is 47.0 Å². The average Bonchev–Trinajstić information content (AvgIpc) is 2.97. The number of fused-ring (bicyclic) bond motifs is 5. The van der Waals surface area contributed by atoms with Crippen molar-refractivity contribution < 1.29 is 5.11 Å². The third kappa shape index (κ3) is 2.90.